The predicted molar refractivity (Wildman–Crippen MR) is 81.3 cm³/mol. The lowest BCUT2D eigenvalue weighted by molar-refractivity contribution is 0.399. The van der Waals surface area contributed by atoms with Gasteiger partial charge in [-0.2, -0.15) is 0 Å². The predicted octanol–water partition coefficient (Wildman–Crippen LogP) is 4.93. The standard InChI is InChI=1S/C15H13BrClFO2/c1-19-9-6-7-13(20-2)10(8-9)15(17)14-11(16)4-3-5-12(14)18/h3-8,15H,1-2H3. The van der Waals surface area contributed by atoms with Gasteiger partial charge < -0.3 is 9.47 Å². The fraction of sp³-hybridized carbons (Fsp3) is 0.200. The monoisotopic (exact) mass is 358 g/mol. The van der Waals surface area contributed by atoms with Crippen LogP contribution in [0.5, 0.6) is 11.5 Å². The maximum Gasteiger partial charge on any atom is 0.129 e. The van der Waals surface area contributed by atoms with Gasteiger partial charge in [-0.3, -0.25) is 0 Å². The summed E-state index contributed by atoms with van der Waals surface area (Å²) in [6.07, 6.45) is 0. The minimum atomic E-state index is -0.685. The SMILES string of the molecule is COc1ccc(OC)c(C(Cl)c2c(F)cccc2Br)c1. The third kappa shape index (κ3) is 2.91. The van der Waals surface area contributed by atoms with Crippen LogP contribution in [0.3, 0.4) is 0 Å². The second kappa shape index (κ2) is 6.46. The van der Waals surface area contributed by atoms with Crippen LogP contribution in [0.2, 0.25) is 0 Å². The number of halogens is 3. The molecule has 0 N–H and O–H groups in total. The van der Waals surface area contributed by atoms with Crippen molar-refractivity contribution in [3.63, 3.8) is 0 Å². The Balaban J connectivity index is 2.55. The summed E-state index contributed by atoms with van der Waals surface area (Å²) in [5, 5.41) is -0.685. The topological polar surface area (TPSA) is 18.5 Å². The van der Waals surface area contributed by atoms with Gasteiger partial charge in [0.2, 0.25) is 0 Å². The van der Waals surface area contributed by atoms with Crippen LogP contribution in [0.15, 0.2) is 40.9 Å². The zero-order valence-electron chi connectivity index (χ0n) is 11.0. The Bertz CT molecular complexity index is 599. The van der Waals surface area contributed by atoms with E-state index in [4.69, 9.17) is 21.1 Å². The summed E-state index contributed by atoms with van der Waals surface area (Å²) in [4.78, 5) is 0. The van der Waals surface area contributed by atoms with Crippen molar-refractivity contribution in [1.29, 1.82) is 0 Å². The summed E-state index contributed by atoms with van der Waals surface area (Å²) in [6.45, 7) is 0. The lowest BCUT2D eigenvalue weighted by Crippen LogP contribution is -2.01. The van der Waals surface area contributed by atoms with Crippen LogP contribution in [0.1, 0.15) is 16.5 Å². The first-order chi connectivity index (χ1) is 9.58. The number of hydrogen-bond donors (Lipinski definition) is 0. The third-order valence-corrected chi connectivity index (χ3v) is 4.11. The van der Waals surface area contributed by atoms with Crippen molar-refractivity contribution < 1.29 is 13.9 Å². The van der Waals surface area contributed by atoms with Crippen molar-refractivity contribution >= 4 is 27.5 Å². The lowest BCUT2D eigenvalue weighted by atomic mass is 10.0. The van der Waals surface area contributed by atoms with Crippen LogP contribution in [0, 0.1) is 5.82 Å². The van der Waals surface area contributed by atoms with Crippen LogP contribution >= 0.6 is 27.5 Å². The first kappa shape index (κ1) is 15.1. The molecule has 0 radical (unpaired) electrons. The van der Waals surface area contributed by atoms with E-state index in [0.29, 0.717) is 27.1 Å². The molecule has 0 saturated heterocycles. The van der Waals surface area contributed by atoms with E-state index >= 15 is 0 Å². The number of methoxy groups -OCH3 is 2. The molecule has 0 spiro atoms. The van der Waals surface area contributed by atoms with Gasteiger partial charge >= 0.3 is 0 Å². The van der Waals surface area contributed by atoms with Crippen molar-refractivity contribution in [1.82, 2.24) is 0 Å². The minimum Gasteiger partial charge on any atom is -0.497 e. The normalized spacial score (nSPS) is 12.1. The quantitative estimate of drug-likeness (QED) is 0.720. The maximum absolute atomic E-state index is 14.0. The molecule has 0 aliphatic carbocycles. The summed E-state index contributed by atoms with van der Waals surface area (Å²) in [5.41, 5.74) is 1.03. The number of benzene rings is 2. The van der Waals surface area contributed by atoms with Crippen LogP contribution < -0.4 is 9.47 Å². The molecule has 1 atom stereocenters. The molecule has 2 nitrogen and oxygen atoms in total. The Hall–Kier alpha value is -1.26. The highest BCUT2D eigenvalue weighted by atomic mass is 79.9. The Morgan fingerprint density at radius 2 is 1.90 bits per heavy atom. The zero-order valence-corrected chi connectivity index (χ0v) is 13.3. The molecule has 0 bridgehead atoms. The van der Waals surface area contributed by atoms with E-state index in [1.165, 1.54) is 6.07 Å². The highest BCUT2D eigenvalue weighted by molar-refractivity contribution is 9.10. The molecule has 0 saturated carbocycles. The van der Waals surface area contributed by atoms with Gasteiger partial charge in [0.1, 0.15) is 17.3 Å². The molecule has 0 amide bonds. The van der Waals surface area contributed by atoms with Gasteiger partial charge in [0.25, 0.3) is 0 Å². The summed E-state index contributed by atoms with van der Waals surface area (Å²) < 4.78 is 25.1. The van der Waals surface area contributed by atoms with E-state index in [1.54, 1.807) is 44.6 Å². The smallest absolute Gasteiger partial charge is 0.129 e. The van der Waals surface area contributed by atoms with Crippen molar-refractivity contribution in [2.45, 2.75) is 5.38 Å². The second-order valence-corrected chi connectivity index (χ2v) is 5.40. The zero-order chi connectivity index (χ0) is 14.7. The van der Waals surface area contributed by atoms with E-state index in [0.717, 1.165) is 0 Å². The first-order valence-corrected chi connectivity index (χ1v) is 7.11. The van der Waals surface area contributed by atoms with Gasteiger partial charge in [0, 0.05) is 15.6 Å². The average molecular weight is 360 g/mol. The molecule has 0 heterocycles. The van der Waals surface area contributed by atoms with E-state index in [-0.39, 0.29) is 5.82 Å². The molecule has 0 aliphatic heterocycles. The Kier molecular flexibility index (Phi) is 4.89. The number of alkyl halides is 1. The van der Waals surface area contributed by atoms with Gasteiger partial charge in [-0.05, 0) is 30.3 Å². The Labute approximate surface area is 130 Å². The number of ether oxygens (including phenoxy) is 2. The summed E-state index contributed by atoms with van der Waals surface area (Å²) in [5.74, 6) is 0.851. The van der Waals surface area contributed by atoms with E-state index in [9.17, 15) is 4.39 Å². The Morgan fingerprint density at radius 3 is 2.50 bits per heavy atom. The molecular formula is C15H13BrClFO2. The van der Waals surface area contributed by atoms with E-state index < -0.39 is 5.38 Å². The molecule has 1 unspecified atom stereocenters. The molecule has 0 aliphatic rings. The van der Waals surface area contributed by atoms with Gasteiger partial charge in [0.15, 0.2) is 0 Å². The van der Waals surface area contributed by atoms with Crippen molar-refractivity contribution in [3.05, 3.63) is 57.8 Å². The maximum atomic E-state index is 14.0. The fourth-order valence-electron chi connectivity index (χ4n) is 1.95. The molecule has 2 rings (SSSR count). The van der Waals surface area contributed by atoms with Crippen LogP contribution in [-0.4, -0.2) is 14.2 Å². The minimum absolute atomic E-state index is 0.371. The van der Waals surface area contributed by atoms with Gasteiger partial charge in [0.05, 0.1) is 19.6 Å². The Morgan fingerprint density at radius 1 is 1.15 bits per heavy atom. The van der Waals surface area contributed by atoms with Gasteiger partial charge in [-0.1, -0.05) is 22.0 Å². The molecule has 2 aromatic carbocycles. The molecule has 106 valence electrons. The second-order valence-electron chi connectivity index (χ2n) is 4.11. The van der Waals surface area contributed by atoms with Gasteiger partial charge in [-0.25, -0.2) is 4.39 Å². The highest BCUT2D eigenvalue weighted by Crippen LogP contribution is 2.40. The number of rotatable bonds is 4. The first-order valence-electron chi connectivity index (χ1n) is 5.88. The lowest BCUT2D eigenvalue weighted by Gasteiger charge is -2.17. The van der Waals surface area contributed by atoms with Crippen molar-refractivity contribution in [2.24, 2.45) is 0 Å². The third-order valence-electron chi connectivity index (χ3n) is 2.96. The highest BCUT2D eigenvalue weighted by Gasteiger charge is 2.22. The summed E-state index contributed by atoms with van der Waals surface area (Å²) >= 11 is 9.78. The fourth-order valence-corrected chi connectivity index (χ4v) is 3.04. The van der Waals surface area contributed by atoms with Crippen molar-refractivity contribution in [2.75, 3.05) is 14.2 Å². The molecule has 2 aromatic rings. The molecule has 20 heavy (non-hydrogen) atoms. The van der Waals surface area contributed by atoms with Crippen molar-refractivity contribution in [3.8, 4) is 11.5 Å². The largest absolute Gasteiger partial charge is 0.497 e. The van der Waals surface area contributed by atoms with Gasteiger partial charge in [-0.15, -0.1) is 11.6 Å². The average Bonchev–Trinajstić information content (AvgIpc) is 2.46. The number of hydrogen-bond acceptors (Lipinski definition) is 2. The van der Waals surface area contributed by atoms with Crippen LogP contribution in [0.4, 0.5) is 4.39 Å². The molecule has 0 fully saturated rings. The summed E-state index contributed by atoms with van der Waals surface area (Å²) in [7, 11) is 3.11. The van der Waals surface area contributed by atoms with Crippen LogP contribution in [0.25, 0.3) is 0 Å². The summed E-state index contributed by atoms with van der Waals surface area (Å²) in [6, 6.07) is 10.0. The van der Waals surface area contributed by atoms with E-state index in [2.05, 4.69) is 15.9 Å². The molecule has 0 aromatic heterocycles. The van der Waals surface area contributed by atoms with E-state index in [1.807, 2.05) is 0 Å². The molecule has 5 heteroatoms. The van der Waals surface area contributed by atoms with Crippen LogP contribution in [-0.2, 0) is 0 Å². The molecular weight excluding hydrogens is 347 g/mol.